The summed E-state index contributed by atoms with van der Waals surface area (Å²) >= 11 is 0. The molecule has 6 heteroatoms. The lowest BCUT2D eigenvalue weighted by molar-refractivity contribution is 0.00578. The fourth-order valence-corrected chi connectivity index (χ4v) is 2.16. The highest BCUT2D eigenvalue weighted by molar-refractivity contribution is 6.55. The summed E-state index contributed by atoms with van der Waals surface area (Å²) in [5.74, 6) is 0. The number of aromatic nitrogens is 1. The van der Waals surface area contributed by atoms with E-state index < -0.39 is 0 Å². The smallest absolute Gasteiger partial charge is 0.432 e. The maximum atomic E-state index is 6.03. The largest absolute Gasteiger partial charge is 0.494 e. The van der Waals surface area contributed by atoms with E-state index in [-0.39, 0.29) is 18.3 Å². The maximum absolute atomic E-state index is 6.03. The third kappa shape index (κ3) is 2.19. The lowest BCUT2D eigenvalue weighted by Gasteiger charge is -2.32. The van der Waals surface area contributed by atoms with Gasteiger partial charge < -0.3 is 13.7 Å². The molecule has 0 aliphatic carbocycles. The molecule has 1 saturated heterocycles. The van der Waals surface area contributed by atoms with Crippen LogP contribution in [0, 0.1) is 0 Å². The van der Waals surface area contributed by atoms with Gasteiger partial charge in [0.15, 0.2) is 0 Å². The zero-order valence-corrected chi connectivity index (χ0v) is 12.3. The summed E-state index contributed by atoms with van der Waals surface area (Å²) < 4.78 is 17.3. The van der Waals surface area contributed by atoms with Crippen molar-refractivity contribution in [1.82, 2.24) is 4.98 Å². The van der Waals surface area contributed by atoms with Crippen molar-refractivity contribution >= 4 is 13.1 Å². The van der Waals surface area contributed by atoms with Gasteiger partial charge in [0, 0.05) is 12.7 Å². The number of allylic oxidation sites excluding steroid dienone is 2. The molecule has 0 spiro atoms. The number of anilines is 1. The van der Waals surface area contributed by atoms with Gasteiger partial charge in [-0.05, 0) is 39.2 Å². The Morgan fingerprint density at radius 2 is 1.90 bits per heavy atom. The second-order valence-corrected chi connectivity index (χ2v) is 6.08. The van der Waals surface area contributed by atoms with Crippen LogP contribution in [0.2, 0.25) is 0 Å². The Morgan fingerprint density at radius 1 is 1.20 bits per heavy atom. The van der Waals surface area contributed by atoms with Gasteiger partial charge in [-0.3, -0.25) is 4.90 Å². The quantitative estimate of drug-likeness (QED) is 0.776. The zero-order valence-electron chi connectivity index (χ0n) is 12.3. The van der Waals surface area contributed by atoms with Gasteiger partial charge in [0.05, 0.1) is 17.4 Å². The van der Waals surface area contributed by atoms with Crippen molar-refractivity contribution < 1.29 is 13.7 Å². The van der Waals surface area contributed by atoms with Gasteiger partial charge in [0.2, 0.25) is 0 Å². The summed E-state index contributed by atoms with van der Waals surface area (Å²) in [6.07, 6.45) is 9.20. The highest BCUT2D eigenvalue weighted by Crippen LogP contribution is 2.39. The van der Waals surface area contributed by atoms with Crippen LogP contribution in [0.15, 0.2) is 40.7 Å². The molecule has 1 aromatic heterocycles. The predicted octanol–water partition coefficient (Wildman–Crippen LogP) is 2.57. The van der Waals surface area contributed by atoms with Crippen molar-refractivity contribution in [2.75, 3.05) is 11.4 Å². The second-order valence-electron chi connectivity index (χ2n) is 6.08. The molecule has 0 bridgehead atoms. The SMILES string of the molecule is CC1(C)OB(C2=CCN(c3ncco3)C=C2)OC1(C)C. The molecule has 1 fully saturated rings. The molecule has 2 aliphatic heterocycles. The van der Waals surface area contributed by atoms with Crippen LogP contribution in [0.1, 0.15) is 27.7 Å². The normalized spacial score (nSPS) is 24.1. The molecule has 2 aliphatic rings. The van der Waals surface area contributed by atoms with Crippen LogP contribution in [0.5, 0.6) is 0 Å². The fraction of sp³-hybridized carbons (Fsp3) is 0.500. The van der Waals surface area contributed by atoms with Crippen molar-refractivity contribution in [3.8, 4) is 0 Å². The fourth-order valence-electron chi connectivity index (χ4n) is 2.16. The maximum Gasteiger partial charge on any atom is 0.494 e. The Balaban J connectivity index is 1.71. The number of hydrogen-bond acceptors (Lipinski definition) is 5. The standard InChI is InChI=1S/C14H19BN2O3/c1-13(2)14(3,4)20-15(19-13)11-5-8-17(9-6-11)12-16-7-10-18-12/h5-8,10H,9H2,1-4H3. The first-order chi connectivity index (χ1) is 9.39. The molecule has 0 atom stereocenters. The summed E-state index contributed by atoms with van der Waals surface area (Å²) in [6, 6.07) is 0.588. The number of hydrogen-bond donors (Lipinski definition) is 0. The molecular weight excluding hydrogens is 255 g/mol. The first-order valence-corrected chi connectivity index (χ1v) is 6.79. The molecule has 5 nitrogen and oxygen atoms in total. The van der Waals surface area contributed by atoms with Crippen molar-refractivity contribution in [1.29, 1.82) is 0 Å². The van der Waals surface area contributed by atoms with Crippen LogP contribution in [0.4, 0.5) is 6.01 Å². The van der Waals surface area contributed by atoms with E-state index in [9.17, 15) is 0 Å². The van der Waals surface area contributed by atoms with Crippen molar-refractivity contribution in [3.05, 3.63) is 36.3 Å². The minimum absolute atomic E-state index is 0.313. The van der Waals surface area contributed by atoms with Crippen LogP contribution >= 0.6 is 0 Å². The van der Waals surface area contributed by atoms with E-state index >= 15 is 0 Å². The minimum atomic E-state index is -0.317. The summed E-state index contributed by atoms with van der Waals surface area (Å²) in [4.78, 5) is 6.05. The predicted molar refractivity (Wildman–Crippen MR) is 77.2 cm³/mol. The molecule has 0 radical (unpaired) electrons. The number of rotatable bonds is 2. The van der Waals surface area contributed by atoms with E-state index in [1.165, 1.54) is 0 Å². The molecule has 20 heavy (non-hydrogen) atoms. The van der Waals surface area contributed by atoms with E-state index in [1.54, 1.807) is 12.5 Å². The molecule has 1 aromatic rings. The van der Waals surface area contributed by atoms with Gasteiger partial charge in [-0.2, -0.15) is 0 Å². The van der Waals surface area contributed by atoms with Crippen LogP contribution < -0.4 is 4.90 Å². The van der Waals surface area contributed by atoms with Gasteiger partial charge in [0.1, 0.15) is 6.26 Å². The Bertz CT molecular complexity index is 533. The number of oxazole rings is 1. The average molecular weight is 274 g/mol. The average Bonchev–Trinajstić information content (AvgIpc) is 2.97. The van der Waals surface area contributed by atoms with Crippen LogP contribution in [0.3, 0.4) is 0 Å². The van der Waals surface area contributed by atoms with E-state index in [0.29, 0.717) is 12.6 Å². The van der Waals surface area contributed by atoms with Crippen molar-refractivity contribution in [2.24, 2.45) is 0 Å². The zero-order chi connectivity index (χ0) is 14.4. The Hall–Kier alpha value is -1.53. The van der Waals surface area contributed by atoms with Crippen LogP contribution in [-0.4, -0.2) is 29.8 Å². The summed E-state index contributed by atoms with van der Waals surface area (Å²) in [5.41, 5.74) is 0.407. The lowest BCUT2D eigenvalue weighted by Crippen LogP contribution is -2.41. The molecule has 106 valence electrons. The van der Waals surface area contributed by atoms with Gasteiger partial charge >= 0.3 is 13.1 Å². The van der Waals surface area contributed by atoms with Crippen molar-refractivity contribution in [2.45, 2.75) is 38.9 Å². The highest BCUT2D eigenvalue weighted by Gasteiger charge is 2.52. The van der Waals surface area contributed by atoms with Gasteiger partial charge in [0.25, 0.3) is 0 Å². The van der Waals surface area contributed by atoms with E-state index in [0.717, 1.165) is 5.47 Å². The highest BCUT2D eigenvalue weighted by atomic mass is 16.7. The Morgan fingerprint density at radius 3 is 2.40 bits per heavy atom. The summed E-state index contributed by atoms with van der Waals surface area (Å²) in [5, 5.41) is 0. The Labute approximate surface area is 119 Å². The Kier molecular flexibility index (Phi) is 3.03. The third-order valence-electron chi connectivity index (χ3n) is 4.16. The summed E-state index contributed by atoms with van der Waals surface area (Å²) in [6.45, 7) is 8.91. The molecule has 0 aromatic carbocycles. The van der Waals surface area contributed by atoms with Gasteiger partial charge in [-0.1, -0.05) is 6.08 Å². The topological polar surface area (TPSA) is 47.7 Å². The van der Waals surface area contributed by atoms with Gasteiger partial charge in [-0.25, -0.2) is 4.98 Å². The van der Waals surface area contributed by atoms with Gasteiger partial charge in [-0.15, -0.1) is 0 Å². The van der Waals surface area contributed by atoms with Crippen LogP contribution in [-0.2, 0) is 9.31 Å². The van der Waals surface area contributed by atoms with E-state index in [1.807, 2.05) is 17.2 Å². The third-order valence-corrected chi connectivity index (χ3v) is 4.16. The van der Waals surface area contributed by atoms with Crippen molar-refractivity contribution in [3.63, 3.8) is 0 Å². The molecule has 0 saturated carbocycles. The number of nitrogens with zero attached hydrogens (tertiary/aromatic N) is 2. The first kappa shape index (κ1) is 13.5. The molecule has 3 heterocycles. The molecule has 0 N–H and O–H groups in total. The first-order valence-electron chi connectivity index (χ1n) is 6.79. The van der Waals surface area contributed by atoms with Crippen LogP contribution in [0.25, 0.3) is 0 Å². The lowest BCUT2D eigenvalue weighted by atomic mass is 9.77. The van der Waals surface area contributed by atoms with E-state index in [2.05, 4.69) is 38.8 Å². The monoisotopic (exact) mass is 274 g/mol. The van der Waals surface area contributed by atoms with E-state index in [4.69, 9.17) is 13.7 Å². The molecular formula is C14H19BN2O3. The molecule has 0 unspecified atom stereocenters. The molecule has 3 rings (SSSR count). The summed E-state index contributed by atoms with van der Waals surface area (Å²) in [7, 11) is -0.317. The molecule has 0 amide bonds. The second kappa shape index (κ2) is 4.50. The minimum Gasteiger partial charge on any atom is -0.432 e.